The Kier molecular flexibility index (Phi) is 3.41. The van der Waals surface area contributed by atoms with Crippen molar-refractivity contribution in [1.82, 2.24) is 4.90 Å². The van der Waals surface area contributed by atoms with Gasteiger partial charge in [-0.2, -0.15) is 0 Å². The second-order valence-corrected chi connectivity index (χ2v) is 3.38. The summed E-state index contributed by atoms with van der Waals surface area (Å²) in [6, 6.07) is -0.924. The average molecular weight is 215 g/mol. The van der Waals surface area contributed by atoms with Crippen molar-refractivity contribution in [2.45, 2.75) is 19.4 Å². The number of carbonyl (C=O) groups excluding carboxylic acids is 3. The molecule has 2 unspecified atom stereocenters. The van der Waals surface area contributed by atoms with E-state index in [1.54, 1.807) is 0 Å². The molecule has 0 aromatic rings. The number of esters is 1. The number of aliphatic hydroxyl groups excluding tert-OH is 1. The third kappa shape index (κ3) is 1.99. The molecule has 1 heterocycles. The van der Waals surface area contributed by atoms with Crippen molar-refractivity contribution in [3.05, 3.63) is 0 Å². The first kappa shape index (κ1) is 11.6. The standard InChI is InChI=1S/C9H13NO5/c1-5(9(14)15-2)10-7(12)3-6(4-11)8(10)13/h5-6,11H,3-4H2,1-2H3. The lowest BCUT2D eigenvalue weighted by Crippen LogP contribution is -2.44. The van der Waals surface area contributed by atoms with E-state index in [1.807, 2.05) is 0 Å². The van der Waals surface area contributed by atoms with Crippen molar-refractivity contribution in [2.75, 3.05) is 13.7 Å². The van der Waals surface area contributed by atoms with Gasteiger partial charge in [-0.3, -0.25) is 14.5 Å². The monoisotopic (exact) mass is 215 g/mol. The Bertz CT molecular complexity index is 301. The van der Waals surface area contributed by atoms with Gasteiger partial charge in [-0.15, -0.1) is 0 Å². The maximum absolute atomic E-state index is 11.5. The van der Waals surface area contributed by atoms with Crippen molar-refractivity contribution < 1.29 is 24.2 Å². The van der Waals surface area contributed by atoms with Gasteiger partial charge in [0.2, 0.25) is 11.8 Å². The molecule has 2 atom stereocenters. The molecule has 6 nitrogen and oxygen atoms in total. The number of imide groups is 1. The zero-order valence-electron chi connectivity index (χ0n) is 8.60. The molecule has 1 aliphatic heterocycles. The van der Waals surface area contributed by atoms with Crippen LogP contribution < -0.4 is 0 Å². The van der Waals surface area contributed by atoms with E-state index in [0.29, 0.717) is 0 Å². The molecule has 6 heteroatoms. The van der Waals surface area contributed by atoms with Crippen molar-refractivity contribution in [3.8, 4) is 0 Å². The second kappa shape index (κ2) is 4.39. The third-order valence-electron chi connectivity index (χ3n) is 2.43. The lowest BCUT2D eigenvalue weighted by molar-refractivity contribution is -0.156. The Balaban J connectivity index is 2.82. The summed E-state index contributed by atoms with van der Waals surface area (Å²) in [6.07, 6.45) is -0.0450. The third-order valence-corrected chi connectivity index (χ3v) is 2.43. The fourth-order valence-corrected chi connectivity index (χ4v) is 1.54. The summed E-state index contributed by atoms with van der Waals surface area (Å²) in [5, 5.41) is 8.83. The number of nitrogens with zero attached hydrogens (tertiary/aromatic N) is 1. The number of methoxy groups -OCH3 is 1. The topological polar surface area (TPSA) is 83.9 Å². The lowest BCUT2D eigenvalue weighted by Gasteiger charge is -2.20. The molecule has 1 fully saturated rings. The summed E-state index contributed by atoms with van der Waals surface area (Å²) in [7, 11) is 1.19. The van der Waals surface area contributed by atoms with Gasteiger partial charge in [-0.05, 0) is 6.92 Å². The highest BCUT2D eigenvalue weighted by Crippen LogP contribution is 2.21. The van der Waals surface area contributed by atoms with Crippen LogP contribution in [0.15, 0.2) is 0 Å². The number of ether oxygens (including phenoxy) is 1. The summed E-state index contributed by atoms with van der Waals surface area (Å²) in [5.74, 6) is -2.32. The average Bonchev–Trinajstić information content (AvgIpc) is 2.51. The fourth-order valence-electron chi connectivity index (χ4n) is 1.54. The molecule has 0 aliphatic carbocycles. The van der Waals surface area contributed by atoms with E-state index in [-0.39, 0.29) is 13.0 Å². The first-order valence-electron chi connectivity index (χ1n) is 4.57. The molecular weight excluding hydrogens is 202 g/mol. The van der Waals surface area contributed by atoms with Crippen LogP contribution in [0.1, 0.15) is 13.3 Å². The summed E-state index contributed by atoms with van der Waals surface area (Å²) < 4.78 is 4.44. The van der Waals surface area contributed by atoms with Crippen LogP contribution in [0.4, 0.5) is 0 Å². The Hall–Kier alpha value is -1.43. The summed E-state index contributed by atoms with van der Waals surface area (Å²) in [6.45, 7) is 1.04. The van der Waals surface area contributed by atoms with Gasteiger partial charge in [0.05, 0.1) is 19.6 Å². The van der Waals surface area contributed by atoms with Crippen molar-refractivity contribution >= 4 is 17.8 Å². The highest BCUT2D eigenvalue weighted by molar-refractivity contribution is 6.06. The molecule has 0 radical (unpaired) electrons. The van der Waals surface area contributed by atoms with Crippen LogP contribution in [-0.2, 0) is 19.1 Å². The fraction of sp³-hybridized carbons (Fsp3) is 0.667. The number of amides is 2. The molecule has 1 rings (SSSR count). The predicted molar refractivity (Wildman–Crippen MR) is 48.5 cm³/mol. The van der Waals surface area contributed by atoms with Gasteiger partial charge in [0, 0.05) is 6.42 Å². The largest absolute Gasteiger partial charge is 0.467 e. The van der Waals surface area contributed by atoms with Crippen LogP contribution in [0.5, 0.6) is 0 Å². The van der Waals surface area contributed by atoms with Crippen LogP contribution in [0, 0.1) is 5.92 Å². The number of hydrogen-bond acceptors (Lipinski definition) is 5. The SMILES string of the molecule is COC(=O)C(C)N1C(=O)CC(CO)C1=O. The predicted octanol–water partition coefficient (Wildman–Crippen LogP) is -1.08. The maximum Gasteiger partial charge on any atom is 0.328 e. The van der Waals surface area contributed by atoms with Crippen molar-refractivity contribution in [1.29, 1.82) is 0 Å². The molecule has 1 saturated heterocycles. The Morgan fingerprint density at radius 2 is 2.27 bits per heavy atom. The minimum atomic E-state index is -0.924. The highest BCUT2D eigenvalue weighted by atomic mass is 16.5. The quantitative estimate of drug-likeness (QED) is 0.478. The summed E-state index contributed by atoms with van der Waals surface area (Å²) in [5.41, 5.74) is 0. The lowest BCUT2D eigenvalue weighted by atomic mass is 10.1. The molecule has 0 aromatic carbocycles. The van der Waals surface area contributed by atoms with Crippen LogP contribution in [0.3, 0.4) is 0 Å². The van der Waals surface area contributed by atoms with E-state index >= 15 is 0 Å². The molecule has 0 aromatic heterocycles. The normalized spacial score (nSPS) is 23.1. The summed E-state index contributed by atoms with van der Waals surface area (Å²) >= 11 is 0. The number of carbonyl (C=O) groups is 3. The molecule has 0 spiro atoms. The van der Waals surface area contributed by atoms with E-state index in [4.69, 9.17) is 5.11 Å². The molecule has 84 valence electrons. The van der Waals surface area contributed by atoms with Crippen LogP contribution >= 0.6 is 0 Å². The number of rotatable bonds is 3. The minimum absolute atomic E-state index is 0.0450. The van der Waals surface area contributed by atoms with Crippen LogP contribution in [-0.4, -0.2) is 47.5 Å². The van der Waals surface area contributed by atoms with E-state index in [0.717, 1.165) is 4.90 Å². The van der Waals surface area contributed by atoms with E-state index < -0.39 is 29.7 Å². The second-order valence-electron chi connectivity index (χ2n) is 3.38. The van der Waals surface area contributed by atoms with Gasteiger partial charge in [0.25, 0.3) is 0 Å². The van der Waals surface area contributed by atoms with E-state index in [9.17, 15) is 14.4 Å². The van der Waals surface area contributed by atoms with Gasteiger partial charge in [0.15, 0.2) is 0 Å². The van der Waals surface area contributed by atoms with Crippen molar-refractivity contribution in [2.24, 2.45) is 5.92 Å². The van der Waals surface area contributed by atoms with Crippen molar-refractivity contribution in [3.63, 3.8) is 0 Å². The van der Waals surface area contributed by atoms with Crippen LogP contribution in [0.2, 0.25) is 0 Å². The van der Waals surface area contributed by atoms with Gasteiger partial charge in [0.1, 0.15) is 6.04 Å². The Morgan fingerprint density at radius 1 is 1.67 bits per heavy atom. The highest BCUT2D eigenvalue weighted by Gasteiger charge is 2.42. The number of likely N-dealkylation sites (tertiary alicyclic amines) is 1. The van der Waals surface area contributed by atoms with E-state index in [2.05, 4.69) is 4.74 Å². The van der Waals surface area contributed by atoms with Gasteiger partial charge < -0.3 is 9.84 Å². The number of aliphatic hydroxyl groups is 1. The van der Waals surface area contributed by atoms with Gasteiger partial charge in [-0.25, -0.2) is 4.79 Å². The molecule has 2 amide bonds. The zero-order valence-corrected chi connectivity index (χ0v) is 8.60. The van der Waals surface area contributed by atoms with Gasteiger partial charge >= 0.3 is 5.97 Å². The number of hydrogen-bond donors (Lipinski definition) is 1. The molecule has 15 heavy (non-hydrogen) atoms. The first-order valence-corrected chi connectivity index (χ1v) is 4.57. The van der Waals surface area contributed by atoms with Gasteiger partial charge in [-0.1, -0.05) is 0 Å². The minimum Gasteiger partial charge on any atom is -0.467 e. The van der Waals surface area contributed by atoms with Crippen LogP contribution in [0.25, 0.3) is 0 Å². The maximum atomic E-state index is 11.5. The molecule has 0 bridgehead atoms. The van der Waals surface area contributed by atoms with E-state index in [1.165, 1.54) is 14.0 Å². The zero-order chi connectivity index (χ0) is 11.6. The smallest absolute Gasteiger partial charge is 0.328 e. The Morgan fingerprint density at radius 3 is 2.67 bits per heavy atom. The molecular formula is C9H13NO5. The molecule has 0 saturated carbocycles. The molecule has 1 aliphatic rings. The summed E-state index contributed by atoms with van der Waals surface area (Å²) in [4.78, 5) is 35.0. The molecule has 1 N–H and O–H groups in total. The Labute approximate surface area is 86.8 Å². The first-order chi connectivity index (χ1) is 7.02.